The molecule has 2 amide bonds. The van der Waals surface area contributed by atoms with Crippen LogP contribution in [-0.4, -0.2) is 16.8 Å². The van der Waals surface area contributed by atoms with E-state index >= 15 is 0 Å². The number of rotatable bonds is 1. The number of para-hydroxylation sites is 1. The Morgan fingerprint density at radius 1 is 0.909 bits per heavy atom. The van der Waals surface area contributed by atoms with Crippen molar-refractivity contribution in [3.05, 3.63) is 71.9 Å². The van der Waals surface area contributed by atoms with Crippen molar-refractivity contribution in [2.45, 2.75) is 6.42 Å². The monoisotopic (exact) mass is 288 g/mol. The average Bonchev–Trinajstić information content (AvgIpc) is 2.55. The van der Waals surface area contributed by atoms with E-state index < -0.39 is 0 Å². The summed E-state index contributed by atoms with van der Waals surface area (Å²) < 4.78 is 0. The van der Waals surface area contributed by atoms with Gasteiger partial charge in [0.05, 0.1) is 17.6 Å². The molecule has 0 bridgehead atoms. The largest absolute Gasteiger partial charge is 0.274 e. The molecule has 0 atom stereocenters. The molecule has 2 aromatic carbocycles. The fourth-order valence-corrected chi connectivity index (χ4v) is 2.87. The highest BCUT2D eigenvalue weighted by molar-refractivity contribution is 6.26. The van der Waals surface area contributed by atoms with Crippen LogP contribution in [-0.2, 0) is 11.2 Å². The predicted octanol–water partition coefficient (Wildman–Crippen LogP) is 2.96. The first-order valence-corrected chi connectivity index (χ1v) is 7.04. The molecule has 1 aliphatic rings. The number of carbonyl (C=O) groups excluding carboxylic acids is 2. The lowest BCUT2D eigenvalue weighted by Crippen LogP contribution is -2.42. The smallest absolute Gasteiger partial charge is 0.265 e. The van der Waals surface area contributed by atoms with Crippen molar-refractivity contribution in [3.63, 3.8) is 0 Å². The normalized spacial score (nSPS) is 14.3. The van der Waals surface area contributed by atoms with Gasteiger partial charge in [-0.15, -0.1) is 0 Å². The summed E-state index contributed by atoms with van der Waals surface area (Å²) in [5, 5.41) is 0.902. The average molecular weight is 288 g/mol. The van der Waals surface area contributed by atoms with E-state index in [1.54, 1.807) is 18.3 Å². The fraction of sp³-hybridized carbons (Fsp3) is 0.0556. The Bertz CT molecular complexity index is 912. The summed E-state index contributed by atoms with van der Waals surface area (Å²) in [5.41, 5.74) is 2.56. The van der Waals surface area contributed by atoms with Crippen LogP contribution in [0.25, 0.3) is 10.9 Å². The maximum atomic E-state index is 12.7. The number of carbonyl (C=O) groups is 2. The molecule has 4 rings (SSSR count). The zero-order valence-electron chi connectivity index (χ0n) is 11.7. The molecule has 2 heterocycles. The van der Waals surface area contributed by atoms with Gasteiger partial charge in [-0.1, -0.05) is 36.4 Å². The highest BCUT2D eigenvalue weighted by Crippen LogP contribution is 2.30. The zero-order valence-corrected chi connectivity index (χ0v) is 11.7. The molecule has 22 heavy (non-hydrogen) atoms. The van der Waals surface area contributed by atoms with Crippen molar-refractivity contribution in [3.8, 4) is 0 Å². The van der Waals surface area contributed by atoms with Gasteiger partial charge in [0.25, 0.3) is 5.91 Å². The molecule has 1 aromatic heterocycles. The Kier molecular flexibility index (Phi) is 2.76. The van der Waals surface area contributed by atoms with Crippen molar-refractivity contribution >= 4 is 28.4 Å². The summed E-state index contributed by atoms with van der Waals surface area (Å²) in [6.45, 7) is 0. The van der Waals surface area contributed by atoms with Crippen LogP contribution < -0.4 is 4.90 Å². The topological polar surface area (TPSA) is 50.3 Å². The molecule has 4 nitrogen and oxygen atoms in total. The molecule has 106 valence electrons. The number of benzene rings is 2. The third-order valence-corrected chi connectivity index (χ3v) is 3.89. The quantitative estimate of drug-likeness (QED) is 0.647. The molecular weight excluding hydrogens is 276 g/mol. The van der Waals surface area contributed by atoms with Gasteiger partial charge in [-0.25, -0.2) is 4.90 Å². The van der Waals surface area contributed by atoms with Crippen molar-refractivity contribution in [1.29, 1.82) is 0 Å². The van der Waals surface area contributed by atoms with Gasteiger partial charge in [0.1, 0.15) is 0 Å². The molecule has 1 aliphatic heterocycles. The summed E-state index contributed by atoms with van der Waals surface area (Å²) in [6, 6.07) is 16.5. The van der Waals surface area contributed by atoms with Gasteiger partial charge in [0.15, 0.2) is 0 Å². The number of imide groups is 1. The highest BCUT2D eigenvalue weighted by Gasteiger charge is 2.32. The maximum absolute atomic E-state index is 12.7. The van der Waals surface area contributed by atoms with Crippen molar-refractivity contribution in [2.75, 3.05) is 4.90 Å². The fourth-order valence-electron chi connectivity index (χ4n) is 2.87. The van der Waals surface area contributed by atoms with Crippen LogP contribution in [0.15, 0.2) is 60.8 Å². The van der Waals surface area contributed by atoms with Gasteiger partial charge < -0.3 is 0 Å². The molecule has 0 fully saturated rings. The van der Waals surface area contributed by atoms with E-state index in [9.17, 15) is 9.59 Å². The van der Waals surface area contributed by atoms with Gasteiger partial charge in [-0.2, -0.15) is 0 Å². The third-order valence-electron chi connectivity index (χ3n) is 3.89. The molecule has 0 unspecified atom stereocenters. The minimum atomic E-state index is -0.287. The minimum absolute atomic E-state index is 0.221. The Morgan fingerprint density at radius 3 is 2.64 bits per heavy atom. The lowest BCUT2D eigenvalue weighted by Gasteiger charge is -2.27. The molecule has 4 heteroatoms. The molecule has 0 aliphatic carbocycles. The molecule has 0 saturated carbocycles. The molecule has 0 N–H and O–H groups in total. The first-order chi connectivity index (χ1) is 10.8. The van der Waals surface area contributed by atoms with E-state index in [0.717, 1.165) is 10.9 Å². The number of fused-ring (bicyclic) bond motifs is 2. The molecule has 3 aromatic rings. The number of hydrogen-bond acceptors (Lipinski definition) is 3. The minimum Gasteiger partial charge on any atom is -0.274 e. The van der Waals surface area contributed by atoms with E-state index in [0.29, 0.717) is 16.8 Å². The third kappa shape index (κ3) is 1.81. The molecule has 0 radical (unpaired) electrons. The van der Waals surface area contributed by atoms with Gasteiger partial charge in [-0.05, 0) is 23.8 Å². The summed E-state index contributed by atoms with van der Waals surface area (Å²) in [6.07, 6.45) is 1.89. The van der Waals surface area contributed by atoms with Crippen LogP contribution in [0.5, 0.6) is 0 Å². The number of hydrogen-bond donors (Lipinski definition) is 0. The standard InChI is InChI=1S/C18H12N2O2/c21-16-11-13-5-1-2-8-14(13)18(22)20(16)15-9-3-6-12-7-4-10-19-17(12)15/h1-10H,11H2. The van der Waals surface area contributed by atoms with Gasteiger partial charge in [0, 0.05) is 17.1 Å². The second-order valence-corrected chi connectivity index (χ2v) is 5.22. The Balaban J connectivity index is 1.92. The van der Waals surface area contributed by atoms with Crippen molar-refractivity contribution in [2.24, 2.45) is 0 Å². The van der Waals surface area contributed by atoms with E-state index in [4.69, 9.17) is 0 Å². The number of pyridine rings is 1. The predicted molar refractivity (Wildman–Crippen MR) is 83.7 cm³/mol. The van der Waals surface area contributed by atoms with Crippen molar-refractivity contribution < 1.29 is 9.59 Å². The van der Waals surface area contributed by atoms with Crippen LogP contribution in [0.3, 0.4) is 0 Å². The van der Waals surface area contributed by atoms with E-state index in [2.05, 4.69) is 4.98 Å². The second kappa shape index (κ2) is 4.77. The Hall–Kier alpha value is -3.01. The van der Waals surface area contributed by atoms with Gasteiger partial charge in [0.2, 0.25) is 5.91 Å². The summed E-state index contributed by atoms with van der Waals surface area (Å²) >= 11 is 0. The number of amides is 2. The molecule has 0 spiro atoms. The molecular formula is C18H12N2O2. The highest BCUT2D eigenvalue weighted by atomic mass is 16.2. The van der Waals surface area contributed by atoms with Crippen LogP contribution in [0.4, 0.5) is 5.69 Å². The summed E-state index contributed by atoms with van der Waals surface area (Å²) in [4.78, 5) is 30.8. The van der Waals surface area contributed by atoms with Gasteiger partial charge >= 0.3 is 0 Å². The maximum Gasteiger partial charge on any atom is 0.265 e. The summed E-state index contributed by atoms with van der Waals surface area (Å²) in [5.74, 6) is -0.508. The Labute approximate surface area is 127 Å². The summed E-state index contributed by atoms with van der Waals surface area (Å²) in [7, 11) is 0. The number of anilines is 1. The number of nitrogens with zero attached hydrogens (tertiary/aromatic N) is 2. The van der Waals surface area contributed by atoms with Crippen LogP contribution in [0.2, 0.25) is 0 Å². The van der Waals surface area contributed by atoms with E-state index in [-0.39, 0.29) is 18.2 Å². The molecule has 0 saturated heterocycles. The van der Waals surface area contributed by atoms with E-state index in [1.807, 2.05) is 42.5 Å². The van der Waals surface area contributed by atoms with Crippen LogP contribution >= 0.6 is 0 Å². The van der Waals surface area contributed by atoms with Gasteiger partial charge in [-0.3, -0.25) is 14.6 Å². The zero-order chi connectivity index (χ0) is 15.1. The lowest BCUT2D eigenvalue weighted by molar-refractivity contribution is -0.117. The second-order valence-electron chi connectivity index (χ2n) is 5.22. The van der Waals surface area contributed by atoms with E-state index in [1.165, 1.54) is 4.90 Å². The first-order valence-electron chi connectivity index (χ1n) is 7.04. The number of aromatic nitrogens is 1. The van der Waals surface area contributed by atoms with Crippen LogP contribution in [0.1, 0.15) is 15.9 Å². The van der Waals surface area contributed by atoms with Crippen LogP contribution in [0, 0.1) is 0 Å². The lowest BCUT2D eigenvalue weighted by atomic mass is 9.97. The first kappa shape index (κ1) is 12.7. The Morgan fingerprint density at radius 2 is 1.73 bits per heavy atom. The SMILES string of the molecule is O=C1Cc2ccccc2C(=O)N1c1cccc2cccnc12. The van der Waals surface area contributed by atoms with Crippen molar-refractivity contribution in [1.82, 2.24) is 4.98 Å².